The second kappa shape index (κ2) is 10.9. The van der Waals surface area contributed by atoms with Gasteiger partial charge in [0.15, 0.2) is 0 Å². The average Bonchev–Trinajstić information content (AvgIpc) is 1.59. The van der Waals surface area contributed by atoms with E-state index in [-0.39, 0.29) is 59.1 Å². The van der Waals surface area contributed by atoms with Crippen molar-refractivity contribution >= 4 is 22.3 Å². The Kier molecular flexibility index (Phi) is 19.7. The van der Waals surface area contributed by atoms with E-state index in [0.29, 0.717) is 0 Å². The maximum atomic E-state index is 8.93. The fourth-order valence-corrected chi connectivity index (χ4v) is 0. The van der Waals surface area contributed by atoms with Crippen molar-refractivity contribution in [2.45, 2.75) is 0 Å². The van der Waals surface area contributed by atoms with Gasteiger partial charge < -0.3 is 19.8 Å². The van der Waals surface area contributed by atoms with Crippen molar-refractivity contribution < 1.29 is 96.4 Å². The van der Waals surface area contributed by atoms with Gasteiger partial charge in [-0.1, -0.05) is 0 Å². The van der Waals surface area contributed by atoms with Crippen LogP contribution in [0.5, 0.6) is 0 Å². The first-order valence-corrected chi connectivity index (χ1v) is 3.16. The molecule has 0 fully saturated rings. The maximum Gasteiger partial charge on any atom is 1.00 e. The van der Waals surface area contributed by atoms with Gasteiger partial charge in [0.1, 0.15) is 0 Å². The zero-order valence-electron chi connectivity index (χ0n) is 6.75. The summed E-state index contributed by atoms with van der Waals surface area (Å²) < 4.78 is 31.6. The van der Waals surface area contributed by atoms with Crippen LogP contribution < -0.4 is 69.3 Å². The number of aliphatic carboxylic acids is 2. The molecule has 0 aliphatic heterocycles. The van der Waals surface area contributed by atoms with E-state index in [2.05, 4.69) is 0 Å². The van der Waals surface area contributed by atoms with E-state index in [4.69, 9.17) is 37.3 Å². The zero-order chi connectivity index (χ0) is 9.65. The molecule has 0 saturated heterocycles. The first-order valence-electron chi connectivity index (χ1n) is 1.76. The number of carbonyl (C=O) groups is 2. The van der Waals surface area contributed by atoms with Crippen molar-refractivity contribution in [3.05, 3.63) is 0 Å². The summed E-state index contributed by atoms with van der Waals surface area (Å²) in [7, 11) is -4.67. The Bertz CT molecular complexity index is 223. The standard InChI is InChI=1S/C2H2O4.2Na.H2O4S/c3-1(4)2(5)6;;;1-5(2,3)4/h(H,3,4)(H,5,6);;;(H2,1,2,3,4)/q;2*+1;/p-2. The summed E-state index contributed by atoms with van der Waals surface area (Å²) in [6, 6.07) is 0. The van der Waals surface area contributed by atoms with Gasteiger partial charge in [0.05, 0.1) is 11.9 Å². The monoisotopic (exact) mass is 232 g/mol. The van der Waals surface area contributed by atoms with Gasteiger partial charge in [-0.25, -0.2) is 0 Å². The summed E-state index contributed by atoms with van der Waals surface area (Å²) in [5.74, 6) is -4.37. The zero-order valence-corrected chi connectivity index (χ0v) is 11.6. The van der Waals surface area contributed by atoms with Crippen LogP contribution in [0.4, 0.5) is 0 Å². The van der Waals surface area contributed by atoms with Gasteiger partial charge >= 0.3 is 69.5 Å². The maximum absolute atomic E-state index is 8.93. The minimum atomic E-state index is -4.67. The molecule has 0 aliphatic rings. The smallest absolute Gasteiger partial charge is 0.543 e. The number of carboxylic acids is 2. The summed E-state index contributed by atoms with van der Waals surface area (Å²) >= 11 is 0. The molecule has 0 aliphatic carbocycles. The van der Waals surface area contributed by atoms with Gasteiger partial charge in [-0.2, -0.15) is 8.42 Å². The van der Waals surface area contributed by atoms with E-state index in [1.807, 2.05) is 0 Å². The fraction of sp³-hybridized carbons (Fsp3) is 0. The predicted molar refractivity (Wildman–Crippen MR) is 24.2 cm³/mol. The molecule has 0 aromatic rings. The summed E-state index contributed by atoms with van der Waals surface area (Å²) in [6.07, 6.45) is 0. The molecular weight excluding hydrogens is 230 g/mol. The van der Waals surface area contributed by atoms with Crippen molar-refractivity contribution in [3.63, 3.8) is 0 Å². The van der Waals surface area contributed by atoms with Crippen LogP contribution in [0.3, 0.4) is 0 Å². The van der Waals surface area contributed by atoms with E-state index >= 15 is 0 Å². The summed E-state index contributed by atoms with van der Waals surface area (Å²) in [5, 5.41) is 17.9. The molecule has 0 rings (SSSR count). The van der Waals surface area contributed by atoms with Crippen LogP contribution in [0.1, 0.15) is 0 Å². The van der Waals surface area contributed by atoms with Gasteiger partial charge in [-0.3, -0.25) is 9.11 Å². The topological polar surface area (TPSA) is 155 Å². The van der Waals surface area contributed by atoms with Crippen LogP contribution in [0.2, 0.25) is 0 Å². The van der Waals surface area contributed by atoms with E-state index in [1.54, 1.807) is 0 Å². The molecule has 0 spiro atoms. The Hall–Kier alpha value is 0.810. The molecule has 2 N–H and O–H groups in total. The van der Waals surface area contributed by atoms with Gasteiger partial charge in [0.2, 0.25) is 0 Å². The second-order valence-corrected chi connectivity index (χ2v) is 1.92. The first-order chi connectivity index (χ1) is 4.64. The van der Waals surface area contributed by atoms with Crippen LogP contribution in [0.25, 0.3) is 0 Å². The van der Waals surface area contributed by atoms with Crippen LogP contribution >= 0.6 is 0 Å². The largest absolute Gasteiger partial charge is 1.00 e. The van der Waals surface area contributed by atoms with Gasteiger partial charge in [0, 0.05) is 0 Å². The average molecular weight is 232 g/mol. The van der Waals surface area contributed by atoms with E-state index in [0.717, 1.165) is 0 Å². The SMILES string of the molecule is O=C([O-])C(=O)[O-].O=S(=O)(O)O.[Na+].[Na+]. The molecule has 0 aromatic carbocycles. The molecule has 13 heavy (non-hydrogen) atoms. The van der Waals surface area contributed by atoms with E-state index < -0.39 is 22.3 Å². The number of carbonyl (C=O) groups excluding carboxylic acids is 2. The molecule has 11 heteroatoms. The Balaban J connectivity index is -0.0000000546. The summed E-state index contributed by atoms with van der Waals surface area (Å²) in [6.45, 7) is 0. The fourth-order valence-electron chi connectivity index (χ4n) is 0. The Morgan fingerprint density at radius 2 is 1.00 bits per heavy atom. The van der Waals surface area contributed by atoms with Crippen LogP contribution in [-0.2, 0) is 20.0 Å². The molecule has 0 bridgehead atoms. The molecular formula is C2H2Na2O8S. The van der Waals surface area contributed by atoms with E-state index in [1.165, 1.54) is 0 Å². The number of carboxylic acid groups (broad SMARTS) is 2. The van der Waals surface area contributed by atoms with Crippen molar-refractivity contribution in [3.8, 4) is 0 Å². The third-order valence-corrected chi connectivity index (χ3v) is 0.167. The predicted octanol–water partition coefficient (Wildman–Crippen LogP) is -10.2. The van der Waals surface area contributed by atoms with Crippen LogP contribution in [0, 0.1) is 0 Å². The minimum Gasteiger partial charge on any atom is -0.543 e. The minimum absolute atomic E-state index is 0. The number of hydrogen-bond donors (Lipinski definition) is 2. The Morgan fingerprint density at radius 1 is 0.923 bits per heavy atom. The van der Waals surface area contributed by atoms with Crippen molar-refractivity contribution in [1.82, 2.24) is 0 Å². The van der Waals surface area contributed by atoms with Crippen molar-refractivity contribution in [2.24, 2.45) is 0 Å². The molecule has 0 radical (unpaired) electrons. The van der Waals surface area contributed by atoms with Crippen molar-refractivity contribution in [2.75, 3.05) is 0 Å². The van der Waals surface area contributed by atoms with Crippen LogP contribution in [0.15, 0.2) is 0 Å². The molecule has 0 saturated carbocycles. The third-order valence-electron chi connectivity index (χ3n) is 0.167. The summed E-state index contributed by atoms with van der Waals surface area (Å²) in [5.41, 5.74) is 0. The Labute approximate surface area is 117 Å². The van der Waals surface area contributed by atoms with Gasteiger partial charge in [0.25, 0.3) is 0 Å². The molecule has 0 unspecified atom stereocenters. The molecule has 0 aromatic heterocycles. The van der Waals surface area contributed by atoms with Crippen molar-refractivity contribution in [1.29, 1.82) is 0 Å². The quantitative estimate of drug-likeness (QED) is 0.237. The van der Waals surface area contributed by atoms with Gasteiger partial charge in [-0.15, -0.1) is 0 Å². The Morgan fingerprint density at radius 3 is 1.00 bits per heavy atom. The molecule has 8 nitrogen and oxygen atoms in total. The normalized spacial score (nSPS) is 7.85. The molecule has 0 amide bonds. The van der Waals surface area contributed by atoms with Crippen LogP contribution in [-0.4, -0.2) is 29.5 Å². The number of hydrogen-bond acceptors (Lipinski definition) is 6. The van der Waals surface area contributed by atoms with Gasteiger partial charge in [-0.05, 0) is 0 Å². The molecule has 0 heterocycles. The third kappa shape index (κ3) is 64.7. The molecule has 66 valence electrons. The summed E-state index contributed by atoms with van der Waals surface area (Å²) in [4.78, 5) is 17.9. The molecule has 0 atom stereocenters. The van der Waals surface area contributed by atoms with E-state index in [9.17, 15) is 0 Å². The second-order valence-electron chi connectivity index (χ2n) is 1.02. The number of rotatable bonds is 0. The first kappa shape index (κ1) is 23.5.